The Morgan fingerprint density at radius 2 is 1.96 bits per heavy atom. The monoisotopic (exact) mass is 330 g/mol. The summed E-state index contributed by atoms with van der Waals surface area (Å²) in [4.78, 5) is 14.3. The zero-order chi connectivity index (χ0) is 17.9. The number of benzene rings is 1. The molecular weight excluding hydrogens is 304 g/mol. The summed E-state index contributed by atoms with van der Waals surface area (Å²) in [7, 11) is 3.22. The molecule has 0 aliphatic rings. The molecule has 1 atom stereocenters. The van der Waals surface area contributed by atoms with Gasteiger partial charge in [-0.3, -0.25) is 4.79 Å². The lowest BCUT2D eigenvalue weighted by molar-refractivity contribution is 0.0380. The standard InChI is InChI=1S/C19H26N2O3/c1-13-8-6-7-9-18(13)21-14(2)10-17(15(21)3)19(23)20(4)11-16(22)12-24-5/h6-10,16,22H,11-12H2,1-5H3. The van der Waals surface area contributed by atoms with E-state index in [4.69, 9.17) is 4.74 Å². The van der Waals surface area contributed by atoms with Crippen LogP contribution < -0.4 is 0 Å². The van der Waals surface area contributed by atoms with Crippen molar-refractivity contribution in [2.24, 2.45) is 0 Å². The number of methoxy groups -OCH3 is 1. The number of para-hydroxylation sites is 1. The highest BCUT2D eigenvalue weighted by Gasteiger charge is 2.21. The van der Waals surface area contributed by atoms with E-state index < -0.39 is 6.10 Å². The van der Waals surface area contributed by atoms with E-state index in [1.165, 1.54) is 12.0 Å². The molecule has 1 aromatic carbocycles. The molecule has 1 aromatic heterocycles. The molecule has 1 N–H and O–H groups in total. The van der Waals surface area contributed by atoms with Crippen molar-refractivity contribution in [3.8, 4) is 5.69 Å². The minimum atomic E-state index is -0.691. The molecule has 130 valence electrons. The fraction of sp³-hybridized carbons (Fsp3) is 0.421. The van der Waals surface area contributed by atoms with Crippen molar-refractivity contribution in [2.45, 2.75) is 26.9 Å². The third-order valence-corrected chi connectivity index (χ3v) is 4.21. The minimum Gasteiger partial charge on any atom is -0.389 e. The summed E-state index contributed by atoms with van der Waals surface area (Å²) in [6.45, 7) is 6.45. The number of aliphatic hydroxyl groups excluding tert-OH is 1. The number of hydrogen-bond acceptors (Lipinski definition) is 3. The maximum Gasteiger partial charge on any atom is 0.255 e. The van der Waals surface area contributed by atoms with Crippen molar-refractivity contribution in [3.63, 3.8) is 0 Å². The molecular formula is C19H26N2O3. The lowest BCUT2D eigenvalue weighted by atomic mass is 10.2. The van der Waals surface area contributed by atoms with Gasteiger partial charge in [-0.2, -0.15) is 0 Å². The van der Waals surface area contributed by atoms with Gasteiger partial charge in [0.2, 0.25) is 0 Å². The normalized spacial score (nSPS) is 12.2. The van der Waals surface area contributed by atoms with Crippen LogP contribution in [0, 0.1) is 20.8 Å². The third-order valence-electron chi connectivity index (χ3n) is 4.21. The first kappa shape index (κ1) is 18.2. The number of amides is 1. The summed E-state index contributed by atoms with van der Waals surface area (Å²) < 4.78 is 7.02. The quantitative estimate of drug-likeness (QED) is 0.885. The van der Waals surface area contributed by atoms with Crippen molar-refractivity contribution in [1.29, 1.82) is 0 Å². The molecule has 0 spiro atoms. The number of ether oxygens (including phenoxy) is 1. The molecule has 0 saturated carbocycles. The number of hydrogen-bond donors (Lipinski definition) is 1. The van der Waals surface area contributed by atoms with E-state index in [9.17, 15) is 9.90 Å². The third kappa shape index (κ3) is 3.68. The summed E-state index contributed by atoms with van der Waals surface area (Å²) in [5.74, 6) is -0.0990. The Morgan fingerprint density at radius 1 is 1.29 bits per heavy atom. The van der Waals surface area contributed by atoms with Crippen molar-refractivity contribution in [1.82, 2.24) is 9.47 Å². The zero-order valence-electron chi connectivity index (χ0n) is 15.0. The molecule has 0 radical (unpaired) electrons. The Morgan fingerprint density at radius 3 is 2.58 bits per heavy atom. The average molecular weight is 330 g/mol. The van der Waals surface area contributed by atoms with Gasteiger partial charge in [0.25, 0.3) is 5.91 Å². The topological polar surface area (TPSA) is 54.7 Å². The predicted octanol–water partition coefficient (Wildman–Crippen LogP) is 2.48. The van der Waals surface area contributed by atoms with Crippen LogP contribution in [0.15, 0.2) is 30.3 Å². The fourth-order valence-electron chi connectivity index (χ4n) is 3.01. The lowest BCUT2D eigenvalue weighted by Crippen LogP contribution is -2.36. The number of nitrogens with zero attached hydrogens (tertiary/aromatic N) is 2. The number of carbonyl (C=O) groups is 1. The Bertz CT molecular complexity index is 721. The van der Waals surface area contributed by atoms with E-state index in [0.29, 0.717) is 5.56 Å². The Balaban J connectivity index is 2.32. The molecule has 0 bridgehead atoms. The van der Waals surface area contributed by atoms with E-state index in [-0.39, 0.29) is 19.1 Å². The summed E-state index contributed by atoms with van der Waals surface area (Å²) in [6.07, 6.45) is -0.691. The fourth-order valence-corrected chi connectivity index (χ4v) is 3.01. The molecule has 0 fully saturated rings. The highest BCUT2D eigenvalue weighted by molar-refractivity contribution is 5.95. The number of aromatic nitrogens is 1. The van der Waals surface area contributed by atoms with Crippen molar-refractivity contribution >= 4 is 5.91 Å². The first-order valence-corrected chi connectivity index (χ1v) is 8.04. The van der Waals surface area contributed by atoms with Crippen LogP contribution in [0.1, 0.15) is 27.3 Å². The Hall–Kier alpha value is -2.11. The second kappa shape index (κ2) is 7.64. The summed E-state index contributed by atoms with van der Waals surface area (Å²) in [5.41, 5.74) is 4.80. The Kier molecular flexibility index (Phi) is 5.80. The van der Waals surface area contributed by atoms with Gasteiger partial charge < -0.3 is 19.3 Å². The van der Waals surface area contributed by atoms with Crippen LogP contribution in [0.4, 0.5) is 0 Å². The molecule has 1 unspecified atom stereocenters. The van der Waals surface area contributed by atoms with Gasteiger partial charge in [-0.1, -0.05) is 18.2 Å². The molecule has 2 rings (SSSR count). The van der Waals surface area contributed by atoms with Gasteiger partial charge in [-0.05, 0) is 38.5 Å². The second-order valence-corrected chi connectivity index (χ2v) is 6.20. The Labute approximate surface area is 143 Å². The zero-order valence-corrected chi connectivity index (χ0v) is 15.0. The van der Waals surface area contributed by atoms with Gasteiger partial charge in [0.15, 0.2) is 0 Å². The smallest absolute Gasteiger partial charge is 0.255 e. The van der Waals surface area contributed by atoms with Gasteiger partial charge in [0.05, 0.1) is 18.3 Å². The molecule has 5 heteroatoms. The van der Waals surface area contributed by atoms with Gasteiger partial charge in [-0.15, -0.1) is 0 Å². The first-order valence-electron chi connectivity index (χ1n) is 8.04. The van der Waals surface area contributed by atoms with E-state index in [0.717, 1.165) is 22.6 Å². The highest BCUT2D eigenvalue weighted by atomic mass is 16.5. The SMILES string of the molecule is COCC(O)CN(C)C(=O)c1cc(C)n(-c2ccccc2C)c1C. The molecule has 1 heterocycles. The van der Waals surface area contributed by atoms with Crippen LogP contribution >= 0.6 is 0 Å². The summed E-state index contributed by atoms with van der Waals surface area (Å²) >= 11 is 0. The molecule has 0 aliphatic heterocycles. The molecule has 0 aliphatic carbocycles. The van der Waals surface area contributed by atoms with Crippen LogP contribution in [-0.2, 0) is 4.74 Å². The molecule has 24 heavy (non-hydrogen) atoms. The van der Waals surface area contributed by atoms with Gasteiger partial charge in [0, 0.05) is 37.8 Å². The summed E-state index contributed by atoms with van der Waals surface area (Å²) in [5, 5.41) is 9.83. The molecule has 2 aromatic rings. The molecule has 0 saturated heterocycles. The molecule has 5 nitrogen and oxygen atoms in total. The average Bonchev–Trinajstić information content (AvgIpc) is 2.82. The van der Waals surface area contributed by atoms with Crippen molar-refractivity contribution in [2.75, 3.05) is 27.3 Å². The number of aryl methyl sites for hydroxylation is 2. The minimum absolute atomic E-state index is 0.0990. The van der Waals surface area contributed by atoms with Crippen LogP contribution in [0.2, 0.25) is 0 Å². The van der Waals surface area contributed by atoms with Crippen molar-refractivity contribution < 1.29 is 14.6 Å². The van der Waals surface area contributed by atoms with Crippen molar-refractivity contribution in [3.05, 3.63) is 52.8 Å². The van der Waals surface area contributed by atoms with E-state index in [2.05, 4.69) is 23.6 Å². The first-order chi connectivity index (χ1) is 11.4. The maximum atomic E-state index is 12.7. The predicted molar refractivity (Wildman–Crippen MR) is 94.8 cm³/mol. The van der Waals surface area contributed by atoms with Gasteiger partial charge >= 0.3 is 0 Å². The van der Waals surface area contributed by atoms with Gasteiger partial charge in [0.1, 0.15) is 0 Å². The number of carbonyl (C=O) groups excluding carboxylic acids is 1. The summed E-state index contributed by atoms with van der Waals surface area (Å²) in [6, 6.07) is 10.0. The van der Waals surface area contributed by atoms with E-state index in [1.807, 2.05) is 32.0 Å². The maximum absolute atomic E-state index is 12.7. The second-order valence-electron chi connectivity index (χ2n) is 6.20. The van der Waals surface area contributed by atoms with Crippen LogP contribution in [0.25, 0.3) is 5.69 Å². The van der Waals surface area contributed by atoms with Crippen LogP contribution in [0.5, 0.6) is 0 Å². The largest absolute Gasteiger partial charge is 0.389 e. The van der Waals surface area contributed by atoms with E-state index >= 15 is 0 Å². The van der Waals surface area contributed by atoms with E-state index in [1.54, 1.807) is 7.05 Å². The van der Waals surface area contributed by atoms with Crippen LogP contribution in [-0.4, -0.2) is 53.9 Å². The number of rotatable bonds is 6. The lowest BCUT2D eigenvalue weighted by Gasteiger charge is -2.20. The number of aliphatic hydroxyl groups is 1. The highest BCUT2D eigenvalue weighted by Crippen LogP contribution is 2.24. The molecule has 1 amide bonds. The number of likely N-dealkylation sites (N-methyl/N-ethyl adjacent to an activating group) is 1. The van der Waals surface area contributed by atoms with Crippen LogP contribution in [0.3, 0.4) is 0 Å². The van der Waals surface area contributed by atoms with Gasteiger partial charge in [-0.25, -0.2) is 0 Å².